The molecule has 2 aromatic carbocycles. The Morgan fingerprint density at radius 1 is 1.00 bits per heavy atom. The van der Waals surface area contributed by atoms with E-state index in [4.69, 9.17) is 4.74 Å². The predicted octanol–water partition coefficient (Wildman–Crippen LogP) is 3.52. The highest BCUT2D eigenvalue weighted by Crippen LogP contribution is 2.26. The minimum atomic E-state index is -0.593. The molecule has 7 nitrogen and oxygen atoms in total. The third kappa shape index (κ3) is 4.87. The third-order valence-electron chi connectivity index (χ3n) is 5.76. The molecule has 4 rings (SSSR count). The van der Waals surface area contributed by atoms with Crippen molar-refractivity contribution in [1.82, 2.24) is 0 Å². The number of nitrogens with zero attached hydrogens (tertiary/aromatic N) is 2. The van der Waals surface area contributed by atoms with Crippen LogP contribution in [0.1, 0.15) is 41.6 Å². The smallest absolute Gasteiger partial charge is 0.338 e. The summed E-state index contributed by atoms with van der Waals surface area (Å²) in [5, 5.41) is 2.81. The summed E-state index contributed by atoms with van der Waals surface area (Å²) in [5.74, 6) is -0.933. The molecule has 2 amide bonds. The fourth-order valence-electron chi connectivity index (χ4n) is 4.08. The number of nitrogens with one attached hydrogen (secondary N) is 1. The van der Waals surface area contributed by atoms with Crippen molar-refractivity contribution in [2.75, 3.05) is 41.4 Å². The first-order valence-corrected chi connectivity index (χ1v) is 10.7. The normalized spacial score (nSPS) is 16.0. The summed E-state index contributed by atoms with van der Waals surface area (Å²) in [6, 6.07) is 12.7. The molecule has 1 N–H and O–H groups in total. The first kappa shape index (κ1) is 20.9. The van der Waals surface area contributed by atoms with Crippen molar-refractivity contribution < 1.29 is 19.1 Å². The Kier molecular flexibility index (Phi) is 6.21. The van der Waals surface area contributed by atoms with Crippen LogP contribution >= 0.6 is 0 Å². The van der Waals surface area contributed by atoms with E-state index in [0.717, 1.165) is 30.8 Å². The van der Waals surface area contributed by atoms with Gasteiger partial charge in [-0.1, -0.05) is 6.07 Å². The van der Waals surface area contributed by atoms with Gasteiger partial charge in [0.2, 0.25) is 5.91 Å². The van der Waals surface area contributed by atoms with E-state index in [-0.39, 0.29) is 12.5 Å². The van der Waals surface area contributed by atoms with E-state index < -0.39 is 11.9 Å². The summed E-state index contributed by atoms with van der Waals surface area (Å²) in [7, 11) is 0. The van der Waals surface area contributed by atoms with E-state index in [1.807, 2.05) is 19.1 Å². The highest BCUT2D eigenvalue weighted by molar-refractivity contribution is 5.99. The second-order valence-electron chi connectivity index (χ2n) is 8.02. The van der Waals surface area contributed by atoms with Gasteiger partial charge in [-0.15, -0.1) is 0 Å². The Bertz CT molecular complexity index is 998. The van der Waals surface area contributed by atoms with Crippen LogP contribution in [0.5, 0.6) is 0 Å². The lowest BCUT2D eigenvalue weighted by Crippen LogP contribution is -2.24. The van der Waals surface area contributed by atoms with Gasteiger partial charge in [0.25, 0.3) is 5.91 Å². The molecule has 7 heteroatoms. The highest BCUT2D eigenvalue weighted by Gasteiger charge is 2.22. The number of aryl methyl sites for hydroxylation is 1. The molecule has 0 unspecified atom stereocenters. The van der Waals surface area contributed by atoms with Crippen LogP contribution in [0, 0.1) is 6.92 Å². The molecule has 0 bridgehead atoms. The molecule has 0 atom stereocenters. The summed E-state index contributed by atoms with van der Waals surface area (Å²) < 4.78 is 5.19. The summed E-state index contributed by atoms with van der Waals surface area (Å²) in [6.45, 7) is 4.35. The second-order valence-corrected chi connectivity index (χ2v) is 8.02. The van der Waals surface area contributed by atoms with Crippen LogP contribution in [-0.2, 0) is 14.3 Å². The average molecular weight is 421 g/mol. The molecule has 162 valence electrons. The van der Waals surface area contributed by atoms with Crippen LogP contribution in [0.25, 0.3) is 0 Å². The maximum atomic E-state index is 12.4. The molecule has 2 fully saturated rings. The van der Waals surface area contributed by atoms with E-state index >= 15 is 0 Å². The Labute approximate surface area is 182 Å². The topological polar surface area (TPSA) is 79.0 Å². The number of esters is 1. The molecular weight excluding hydrogens is 394 g/mol. The SMILES string of the molecule is Cc1cc(N2CCCC2)ccc1NC(=O)COC(=O)c1cccc(N2CCCC2=O)c1. The zero-order valence-electron chi connectivity index (χ0n) is 17.7. The van der Waals surface area contributed by atoms with Crippen molar-refractivity contribution in [3.05, 3.63) is 53.6 Å². The number of amides is 2. The van der Waals surface area contributed by atoms with Gasteiger partial charge in [-0.2, -0.15) is 0 Å². The molecule has 0 aromatic heterocycles. The number of hydrogen-bond acceptors (Lipinski definition) is 5. The molecule has 2 aromatic rings. The van der Waals surface area contributed by atoms with Gasteiger partial charge in [0.15, 0.2) is 6.61 Å². The number of carbonyl (C=O) groups excluding carboxylic acids is 3. The molecule has 2 heterocycles. The Hall–Kier alpha value is -3.35. The van der Waals surface area contributed by atoms with Crippen LogP contribution in [0.3, 0.4) is 0 Å². The van der Waals surface area contributed by atoms with Crippen molar-refractivity contribution in [2.24, 2.45) is 0 Å². The summed E-state index contributed by atoms with van der Waals surface area (Å²) in [6.07, 6.45) is 3.75. The maximum Gasteiger partial charge on any atom is 0.338 e. The van der Waals surface area contributed by atoms with Crippen LogP contribution in [0.2, 0.25) is 0 Å². The lowest BCUT2D eigenvalue weighted by Gasteiger charge is -2.19. The van der Waals surface area contributed by atoms with Crippen molar-refractivity contribution in [3.63, 3.8) is 0 Å². The van der Waals surface area contributed by atoms with Crippen molar-refractivity contribution in [1.29, 1.82) is 0 Å². The number of benzene rings is 2. The fourth-order valence-corrected chi connectivity index (χ4v) is 4.08. The fraction of sp³-hybridized carbons (Fsp3) is 0.375. The molecular formula is C24H27N3O4. The third-order valence-corrected chi connectivity index (χ3v) is 5.76. The van der Waals surface area contributed by atoms with E-state index in [0.29, 0.717) is 29.9 Å². The number of hydrogen-bond donors (Lipinski definition) is 1. The summed E-state index contributed by atoms with van der Waals surface area (Å²) in [4.78, 5) is 40.6. The highest BCUT2D eigenvalue weighted by atomic mass is 16.5. The lowest BCUT2D eigenvalue weighted by molar-refractivity contribution is -0.119. The van der Waals surface area contributed by atoms with E-state index in [2.05, 4.69) is 16.3 Å². The number of carbonyl (C=O) groups is 3. The second kappa shape index (κ2) is 9.20. The van der Waals surface area contributed by atoms with Crippen molar-refractivity contribution in [2.45, 2.75) is 32.6 Å². The zero-order valence-corrected chi connectivity index (χ0v) is 17.7. The van der Waals surface area contributed by atoms with Gasteiger partial charge >= 0.3 is 5.97 Å². The molecule has 2 aliphatic rings. The zero-order chi connectivity index (χ0) is 21.8. The minimum absolute atomic E-state index is 0.0519. The van der Waals surface area contributed by atoms with Gasteiger partial charge in [-0.3, -0.25) is 9.59 Å². The number of ether oxygens (including phenoxy) is 1. The Morgan fingerprint density at radius 3 is 2.52 bits per heavy atom. The largest absolute Gasteiger partial charge is 0.452 e. The lowest BCUT2D eigenvalue weighted by atomic mass is 10.1. The first-order chi connectivity index (χ1) is 15.0. The van der Waals surface area contributed by atoms with Gasteiger partial charge in [0.1, 0.15) is 0 Å². The Balaban J connectivity index is 1.32. The molecule has 2 saturated heterocycles. The van der Waals surface area contributed by atoms with Gasteiger partial charge in [-0.05, 0) is 68.1 Å². The van der Waals surface area contributed by atoms with Crippen molar-refractivity contribution in [3.8, 4) is 0 Å². The standard InChI is InChI=1S/C24H27N3O4/c1-17-14-19(26-11-2-3-12-26)9-10-21(17)25-22(28)16-31-24(30)18-6-4-7-20(15-18)27-13-5-8-23(27)29/h4,6-7,9-10,14-15H,2-3,5,8,11-13,16H2,1H3,(H,25,28). The van der Waals surface area contributed by atoms with Crippen LogP contribution in [0.4, 0.5) is 17.1 Å². The molecule has 31 heavy (non-hydrogen) atoms. The molecule has 0 spiro atoms. The number of rotatable bonds is 6. The van der Waals surface area contributed by atoms with E-state index in [9.17, 15) is 14.4 Å². The molecule has 0 saturated carbocycles. The summed E-state index contributed by atoms with van der Waals surface area (Å²) in [5.41, 5.74) is 3.83. The first-order valence-electron chi connectivity index (χ1n) is 10.7. The van der Waals surface area contributed by atoms with Gasteiger partial charge < -0.3 is 19.9 Å². The van der Waals surface area contributed by atoms with Crippen molar-refractivity contribution >= 4 is 34.8 Å². The van der Waals surface area contributed by atoms with Gasteiger partial charge in [0, 0.05) is 43.1 Å². The minimum Gasteiger partial charge on any atom is -0.452 e. The van der Waals surface area contributed by atoms with Gasteiger partial charge in [-0.25, -0.2) is 4.79 Å². The quantitative estimate of drug-likeness (QED) is 0.722. The van der Waals surface area contributed by atoms with E-state index in [1.165, 1.54) is 12.8 Å². The van der Waals surface area contributed by atoms with E-state index in [1.54, 1.807) is 29.2 Å². The van der Waals surface area contributed by atoms with Crippen LogP contribution < -0.4 is 15.1 Å². The van der Waals surface area contributed by atoms with Gasteiger partial charge in [0.05, 0.1) is 5.56 Å². The monoisotopic (exact) mass is 421 g/mol. The average Bonchev–Trinajstić information content (AvgIpc) is 3.45. The number of anilines is 3. The predicted molar refractivity (Wildman–Crippen MR) is 120 cm³/mol. The maximum absolute atomic E-state index is 12.4. The molecule has 0 radical (unpaired) electrons. The van der Waals surface area contributed by atoms with Crippen LogP contribution in [0.15, 0.2) is 42.5 Å². The van der Waals surface area contributed by atoms with Crippen LogP contribution in [-0.4, -0.2) is 44.0 Å². The Morgan fingerprint density at radius 2 is 1.81 bits per heavy atom. The molecule has 2 aliphatic heterocycles. The molecule has 0 aliphatic carbocycles. The summed E-state index contributed by atoms with van der Waals surface area (Å²) >= 11 is 0.